The third-order valence-corrected chi connectivity index (χ3v) is 3.00. The fourth-order valence-corrected chi connectivity index (χ4v) is 1.93. The molecule has 21 heavy (non-hydrogen) atoms. The van der Waals surface area contributed by atoms with Gasteiger partial charge in [0.05, 0.1) is 11.6 Å². The van der Waals surface area contributed by atoms with Crippen LogP contribution in [0.5, 0.6) is 5.75 Å². The first-order valence-corrected chi connectivity index (χ1v) is 6.44. The Bertz CT molecular complexity index is 680. The van der Waals surface area contributed by atoms with E-state index in [1.54, 1.807) is 6.07 Å². The standard InChI is InChI=1S/C16H14F2N2O/c17-14-3-2-12(9-20)13(8-14)10-21-16-4-1-11(5-6-19)7-15(16)18/h1-4,7-8H,5-6,10,19H2. The van der Waals surface area contributed by atoms with Crippen LogP contribution < -0.4 is 10.5 Å². The average molecular weight is 288 g/mol. The molecule has 0 aliphatic carbocycles. The van der Waals surface area contributed by atoms with Crippen LogP contribution in [0.3, 0.4) is 0 Å². The van der Waals surface area contributed by atoms with Gasteiger partial charge in [0.15, 0.2) is 11.6 Å². The molecule has 5 heteroatoms. The van der Waals surface area contributed by atoms with E-state index in [0.717, 1.165) is 5.56 Å². The Kier molecular flexibility index (Phi) is 4.85. The van der Waals surface area contributed by atoms with Crippen molar-refractivity contribution in [1.82, 2.24) is 0 Å². The van der Waals surface area contributed by atoms with Crippen LogP contribution in [0, 0.1) is 23.0 Å². The molecule has 2 rings (SSSR count). The van der Waals surface area contributed by atoms with Crippen LogP contribution in [0.15, 0.2) is 36.4 Å². The highest BCUT2D eigenvalue weighted by molar-refractivity contribution is 5.38. The average Bonchev–Trinajstić information content (AvgIpc) is 2.47. The second-order valence-electron chi connectivity index (χ2n) is 4.51. The molecule has 0 amide bonds. The van der Waals surface area contributed by atoms with Crippen LogP contribution >= 0.6 is 0 Å². The van der Waals surface area contributed by atoms with Crippen LogP contribution in [-0.2, 0) is 13.0 Å². The van der Waals surface area contributed by atoms with E-state index in [-0.39, 0.29) is 12.4 Å². The second kappa shape index (κ2) is 6.82. The Balaban J connectivity index is 2.13. The maximum Gasteiger partial charge on any atom is 0.165 e. The van der Waals surface area contributed by atoms with Gasteiger partial charge >= 0.3 is 0 Å². The molecule has 0 aliphatic heterocycles. The molecule has 0 spiro atoms. The number of halogens is 2. The first-order valence-electron chi connectivity index (χ1n) is 6.44. The lowest BCUT2D eigenvalue weighted by atomic mass is 10.1. The molecule has 0 fully saturated rings. The first-order chi connectivity index (χ1) is 10.1. The minimum atomic E-state index is -0.504. The molecule has 2 aromatic carbocycles. The molecule has 2 aromatic rings. The van der Waals surface area contributed by atoms with Crippen molar-refractivity contribution in [2.75, 3.05) is 6.54 Å². The summed E-state index contributed by atoms with van der Waals surface area (Å²) in [6, 6.07) is 10.3. The Morgan fingerprint density at radius 2 is 1.95 bits per heavy atom. The number of rotatable bonds is 5. The highest BCUT2D eigenvalue weighted by Gasteiger charge is 2.08. The van der Waals surface area contributed by atoms with Crippen LogP contribution in [0.1, 0.15) is 16.7 Å². The molecular formula is C16H14F2N2O. The normalized spacial score (nSPS) is 10.2. The van der Waals surface area contributed by atoms with Gasteiger partial charge in [-0.25, -0.2) is 8.78 Å². The summed E-state index contributed by atoms with van der Waals surface area (Å²) in [6.45, 7) is 0.363. The molecule has 0 aromatic heterocycles. The quantitative estimate of drug-likeness (QED) is 0.920. The highest BCUT2D eigenvalue weighted by Crippen LogP contribution is 2.21. The summed E-state index contributed by atoms with van der Waals surface area (Å²) >= 11 is 0. The van der Waals surface area contributed by atoms with Gasteiger partial charge in [0.2, 0.25) is 0 Å². The molecule has 0 unspecified atom stereocenters. The summed E-state index contributed by atoms with van der Waals surface area (Å²) in [5.74, 6) is -0.911. The number of hydrogen-bond donors (Lipinski definition) is 1. The number of benzene rings is 2. The highest BCUT2D eigenvalue weighted by atomic mass is 19.1. The predicted molar refractivity (Wildman–Crippen MR) is 74.6 cm³/mol. The molecule has 108 valence electrons. The second-order valence-corrected chi connectivity index (χ2v) is 4.51. The lowest BCUT2D eigenvalue weighted by molar-refractivity contribution is 0.289. The number of nitriles is 1. The third-order valence-electron chi connectivity index (χ3n) is 3.00. The topological polar surface area (TPSA) is 59.0 Å². The lowest BCUT2D eigenvalue weighted by Crippen LogP contribution is -2.04. The van der Waals surface area contributed by atoms with E-state index in [2.05, 4.69) is 0 Å². The van der Waals surface area contributed by atoms with Crippen molar-refractivity contribution in [3.8, 4) is 11.8 Å². The lowest BCUT2D eigenvalue weighted by Gasteiger charge is -2.10. The number of hydrogen-bond acceptors (Lipinski definition) is 3. The maximum atomic E-state index is 13.8. The summed E-state index contributed by atoms with van der Waals surface area (Å²) in [4.78, 5) is 0. The maximum absolute atomic E-state index is 13.8. The van der Waals surface area contributed by atoms with Crippen LogP contribution in [0.25, 0.3) is 0 Å². The van der Waals surface area contributed by atoms with Crippen molar-refractivity contribution >= 4 is 0 Å². The van der Waals surface area contributed by atoms with Crippen LogP contribution in [-0.4, -0.2) is 6.54 Å². The van der Waals surface area contributed by atoms with Gasteiger partial charge in [0.25, 0.3) is 0 Å². The molecule has 0 atom stereocenters. The molecule has 3 nitrogen and oxygen atoms in total. The molecule has 0 heterocycles. The van der Waals surface area contributed by atoms with E-state index in [9.17, 15) is 8.78 Å². The molecule has 0 saturated carbocycles. The summed E-state index contributed by atoms with van der Waals surface area (Å²) in [6.07, 6.45) is 0.583. The van der Waals surface area contributed by atoms with Gasteiger partial charge in [-0.05, 0) is 48.9 Å². The minimum absolute atomic E-state index is 0.0592. The van der Waals surface area contributed by atoms with Gasteiger partial charge in [-0.15, -0.1) is 0 Å². The van der Waals surface area contributed by atoms with Gasteiger partial charge in [0.1, 0.15) is 12.4 Å². The van der Waals surface area contributed by atoms with E-state index >= 15 is 0 Å². The molecule has 0 aliphatic rings. The number of nitrogens with zero attached hydrogens (tertiary/aromatic N) is 1. The van der Waals surface area contributed by atoms with Crippen molar-refractivity contribution in [3.63, 3.8) is 0 Å². The SMILES string of the molecule is N#Cc1ccc(F)cc1COc1ccc(CCN)cc1F. The van der Waals surface area contributed by atoms with Crippen molar-refractivity contribution in [2.24, 2.45) is 5.73 Å². The van der Waals surface area contributed by atoms with Crippen LogP contribution in [0.2, 0.25) is 0 Å². The monoisotopic (exact) mass is 288 g/mol. The van der Waals surface area contributed by atoms with E-state index in [1.165, 1.54) is 30.3 Å². The molecule has 0 radical (unpaired) electrons. The fourth-order valence-electron chi connectivity index (χ4n) is 1.93. The first kappa shape index (κ1) is 14.9. The Hall–Kier alpha value is -2.45. The molecule has 2 N–H and O–H groups in total. The number of nitrogens with two attached hydrogens (primary N) is 1. The predicted octanol–water partition coefficient (Wildman–Crippen LogP) is 2.92. The van der Waals surface area contributed by atoms with Crippen molar-refractivity contribution in [1.29, 1.82) is 5.26 Å². The zero-order valence-corrected chi connectivity index (χ0v) is 11.3. The van der Waals surface area contributed by atoms with Gasteiger partial charge in [0, 0.05) is 5.56 Å². The third kappa shape index (κ3) is 3.77. The summed E-state index contributed by atoms with van der Waals surface area (Å²) in [5, 5.41) is 8.94. The van der Waals surface area contributed by atoms with Gasteiger partial charge < -0.3 is 10.5 Å². The largest absolute Gasteiger partial charge is 0.486 e. The number of ether oxygens (including phenoxy) is 1. The van der Waals surface area contributed by atoms with E-state index in [1.807, 2.05) is 6.07 Å². The summed E-state index contributed by atoms with van der Waals surface area (Å²) in [5.41, 5.74) is 6.87. The Labute approximate surface area is 121 Å². The zero-order valence-electron chi connectivity index (χ0n) is 11.3. The smallest absolute Gasteiger partial charge is 0.165 e. The van der Waals surface area contributed by atoms with Crippen molar-refractivity contribution in [2.45, 2.75) is 13.0 Å². The van der Waals surface area contributed by atoms with Crippen molar-refractivity contribution in [3.05, 3.63) is 64.7 Å². The van der Waals surface area contributed by atoms with Gasteiger partial charge in [-0.2, -0.15) is 5.26 Å². The molecular weight excluding hydrogens is 274 g/mol. The van der Waals surface area contributed by atoms with Crippen LogP contribution in [0.4, 0.5) is 8.78 Å². The minimum Gasteiger partial charge on any atom is -0.486 e. The molecule has 0 saturated heterocycles. The van der Waals surface area contributed by atoms with Crippen molar-refractivity contribution < 1.29 is 13.5 Å². The van der Waals surface area contributed by atoms with E-state index in [0.29, 0.717) is 24.1 Å². The van der Waals surface area contributed by atoms with Gasteiger partial charge in [-0.3, -0.25) is 0 Å². The summed E-state index contributed by atoms with van der Waals surface area (Å²) < 4.78 is 32.3. The van der Waals surface area contributed by atoms with E-state index in [4.69, 9.17) is 15.7 Å². The fraction of sp³-hybridized carbons (Fsp3) is 0.188. The Morgan fingerprint density at radius 1 is 1.14 bits per heavy atom. The van der Waals surface area contributed by atoms with Gasteiger partial charge in [-0.1, -0.05) is 6.07 Å². The zero-order chi connectivity index (χ0) is 15.2. The Morgan fingerprint density at radius 3 is 2.62 bits per heavy atom. The molecule has 0 bridgehead atoms. The summed E-state index contributed by atoms with van der Waals surface area (Å²) in [7, 11) is 0. The van der Waals surface area contributed by atoms with E-state index < -0.39 is 11.6 Å².